The van der Waals surface area contributed by atoms with Crippen molar-refractivity contribution in [2.45, 2.75) is 18.9 Å². The lowest BCUT2D eigenvalue weighted by Crippen LogP contribution is -2.26. The molecule has 0 aromatic heterocycles. The molecule has 1 amide bonds. The maximum absolute atomic E-state index is 11.7. The summed E-state index contributed by atoms with van der Waals surface area (Å²) in [6.07, 6.45) is 3.22. The van der Waals surface area contributed by atoms with Gasteiger partial charge in [0.05, 0.1) is 4.92 Å². The SMILES string of the molecule is N#C/C(=C\c1cccc([N+](=O)[O-])c1)C(=O)NC1CC1. The van der Waals surface area contributed by atoms with Gasteiger partial charge in [-0.2, -0.15) is 5.26 Å². The fraction of sp³-hybridized carbons (Fsp3) is 0.231. The molecule has 0 radical (unpaired) electrons. The van der Waals surface area contributed by atoms with Gasteiger partial charge < -0.3 is 5.32 Å². The summed E-state index contributed by atoms with van der Waals surface area (Å²) in [6, 6.07) is 7.77. The Kier molecular flexibility index (Phi) is 3.57. The molecule has 1 aliphatic carbocycles. The van der Waals surface area contributed by atoms with E-state index in [-0.39, 0.29) is 17.3 Å². The molecule has 0 heterocycles. The maximum Gasteiger partial charge on any atom is 0.270 e. The van der Waals surface area contributed by atoms with Crippen LogP contribution in [0.1, 0.15) is 18.4 Å². The van der Waals surface area contributed by atoms with Crippen molar-refractivity contribution in [3.8, 4) is 6.07 Å². The van der Waals surface area contributed by atoms with Gasteiger partial charge in [-0.25, -0.2) is 0 Å². The molecule has 0 aliphatic heterocycles. The highest BCUT2D eigenvalue weighted by atomic mass is 16.6. The lowest BCUT2D eigenvalue weighted by atomic mass is 10.1. The highest BCUT2D eigenvalue weighted by Crippen LogP contribution is 2.20. The minimum absolute atomic E-state index is 0.0487. The van der Waals surface area contributed by atoms with Gasteiger partial charge >= 0.3 is 0 Å². The van der Waals surface area contributed by atoms with Crippen molar-refractivity contribution in [3.05, 3.63) is 45.5 Å². The third kappa shape index (κ3) is 3.39. The van der Waals surface area contributed by atoms with Gasteiger partial charge in [-0.3, -0.25) is 14.9 Å². The van der Waals surface area contributed by atoms with Crippen LogP contribution in [0.4, 0.5) is 5.69 Å². The molecular formula is C13H11N3O3. The molecule has 6 nitrogen and oxygen atoms in total. The molecule has 0 atom stereocenters. The van der Waals surface area contributed by atoms with Gasteiger partial charge in [-0.1, -0.05) is 12.1 Å². The first-order valence-corrected chi connectivity index (χ1v) is 5.77. The third-order valence-corrected chi connectivity index (χ3v) is 2.67. The monoisotopic (exact) mass is 257 g/mol. The minimum Gasteiger partial charge on any atom is -0.349 e. The van der Waals surface area contributed by atoms with E-state index in [1.165, 1.54) is 24.3 Å². The molecule has 1 aromatic carbocycles. The van der Waals surface area contributed by atoms with Gasteiger partial charge in [0, 0.05) is 18.2 Å². The van der Waals surface area contributed by atoms with Gasteiger partial charge in [-0.15, -0.1) is 0 Å². The molecule has 0 saturated heterocycles. The number of hydrogen-bond acceptors (Lipinski definition) is 4. The first kappa shape index (κ1) is 12.8. The third-order valence-electron chi connectivity index (χ3n) is 2.67. The Bertz CT molecular complexity index is 597. The van der Waals surface area contributed by atoms with Crippen LogP contribution in [0.5, 0.6) is 0 Å². The first-order chi connectivity index (χ1) is 9.10. The van der Waals surface area contributed by atoms with E-state index in [2.05, 4.69) is 5.32 Å². The average molecular weight is 257 g/mol. The van der Waals surface area contributed by atoms with Crippen molar-refractivity contribution in [3.63, 3.8) is 0 Å². The molecule has 96 valence electrons. The van der Waals surface area contributed by atoms with Crippen LogP contribution >= 0.6 is 0 Å². The Hall–Kier alpha value is -2.68. The molecule has 1 aliphatic rings. The molecule has 2 rings (SSSR count). The van der Waals surface area contributed by atoms with Crippen molar-refractivity contribution >= 4 is 17.7 Å². The second-order valence-corrected chi connectivity index (χ2v) is 4.27. The number of rotatable bonds is 4. The van der Waals surface area contributed by atoms with Crippen LogP contribution in [-0.4, -0.2) is 16.9 Å². The summed E-state index contributed by atoms with van der Waals surface area (Å²) in [5, 5.41) is 22.3. The zero-order chi connectivity index (χ0) is 13.8. The number of amides is 1. The summed E-state index contributed by atoms with van der Waals surface area (Å²) >= 11 is 0. The fourth-order valence-corrected chi connectivity index (χ4v) is 1.53. The first-order valence-electron chi connectivity index (χ1n) is 5.77. The summed E-state index contributed by atoms with van der Waals surface area (Å²) < 4.78 is 0. The Labute approximate surface area is 109 Å². The van der Waals surface area contributed by atoms with Crippen molar-refractivity contribution in [1.82, 2.24) is 5.32 Å². The maximum atomic E-state index is 11.7. The Morgan fingerprint density at radius 1 is 1.53 bits per heavy atom. The number of carbonyl (C=O) groups is 1. The number of nitro benzene ring substituents is 1. The van der Waals surface area contributed by atoms with Crippen LogP contribution in [0.2, 0.25) is 0 Å². The highest BCUT2D eigenvalue weighted by Gasteiger charge is 2.24. The molecule has 1 N–H and O–H groups in total. The summed E-state index contributed by atoms with van der Waals surface area (Å²) in [5.41, 5.74) is 0.331. The number of nitro groups is 1. The lowest BCUT2D eigenvalue weighted by Gasteiger charge is -2.01. The Balaban J connectivity index is 2.21. The topological polar surface area (TPSA) is 96.0 Å². The molecule has 0 bridgehead atoms. The van der Waals surface area contributed by atoms with E-state index in [1.807, 2.05) is 6.07 Å². The van der Waals surface area contributed by atoms with Crippen LogP contribution in [0.15, 0.2) is 29.8 Å². The van der Waals surface area contributed by atoms with Crippen LogP contribution in [0.3, 0.4) is 0 Å². The van der Waals surface area contributed by atoms with E-state index in [0.717, 1.165) is 12.8 Å². The predicted molar refractivity (Wildman–Crippen MR) is 67.9 cm³/mol. The van der Waals surface area contributed by atoms with E-state index in [1.54, 1.807) is 6.07 Å². The second kappa shape index (κ2) is 5.31. The van der Waals surface area contributed by atoms with Crippen molar-refractivity contribution in [1.29, 1.82) is 5.26 Å². The number of carbonyl (C=O) groups excluding carboxylic acids is 1. The molecule has 6 heteroatoms. The van der Waals surface area contributed by atoms with Gasteiger partial charge in [-0.05, 0) is 24.5 Å². The van der Waals surface area contributed by atoms with Gasteiger partial charge in [0.15, 0.2) is 0 Å². The molecule has 0 unspecified atom stereocenters. The largest absolute Gasteiger partial charge is 0.349 e. The fourth-order valence-electron chi connectivity index (χ4n) is 1.53. The van der Waals surface area contributed by atoms with Crippen LogP contribution in [0.25, 0.3) is 6.08 Å². The van der Waals surface area contributed by atoms with Crippen molar-refractivity contribution < 1.29 is 9.72 Å². The summed E-state index contributed by atoms with van der Waals surface area (Å²) in [6.45, 7) is 0. The zero-order valence-electron chi connectivity index (χ0n) is 10.00. The molecule has 0 spiro atoms. The highest BCUT2D eigenvalue weighted by molar-refractivity contribution is 6.02. The second-order valence-electron chi connectivity index (χ2n) is 4.27. The summed E-state index contributed by atoms with van der Waals surface area (Å²) in [5.74, 6) is -0.434. The van der Waals surface area contributed by atoms with Crippen LogP contribution in [0, 0.1) is 21.4 Å². The van der Waals surface area contributed by atoms with Crippen LogP contribution < -0.4 is 5.32 Å². The molecule has 1 saturated carbocycles. The minimum atomic E-state index is -0.520. The Morgan fingerprint density at radius 3 is 2.84 bits per heavy atom. The standard InChI is InChI=1S/C13H11N3O3/c14-8-10(13(17)15-11-4-5-11)6-9-2-1-3-12(7-9)16(18)19/h1-3,6-7,11H,4-5H2,(H,15,17)/b10-6+. The molecule has 1 aromatic rings. The van der Waals surface area contributed by atoms with E-state index in [4.69, 9.17) is 5.26 Å². The molecule has 1 fully saturated rings. The Morgan fingerprint density at radius 2 is 2.26 bits per heavy atom. The number of hydrogen-bond donors (Lipinski definition) is 1. The number of nitrogens with one attached hydrogen (secondary N) is 1. The lowest BCUT2D eigenvalue weighted by molar-refractivity contribution is -0.384. The summed E-state index contributed by atoms with van der Waals surface area (Å²) in [7, 11) is 0. The van der Waals surface area contributed by atoms with E-state index in [9.17, 15) is 14.9 Å². The number of nitrogens with zero attached hydrogens (tertiary/aromatic N) is 2. The number of non-ortho nitro benzene ring substituents is 1. The van der Waals surface area contributed by atoms with E-state index < -0.39 is 10.8 Å². The zero-order valence-corrected chi connectivity index (χ0v) is 10.00. The van der Waals surface area contributed by atoms with Gasteiger partial charge in [0.1, 0.15) is 11.6 Å². The van der Waals surface area contributed by atoms with E-state index in [0.29, 0.717) is 5.56 Å². The number of nitriles is 1. The predicted octanol–water partition coefficient (Wildman–Crippen LogP) is 1.78. The molecular weight excluding hydrogens is 246 g/mol. The van der Waals surface area contributed by atoms with Crippen LogP contribution in [-0.2, 0) is 4.79 Å². The number of benzene rings is 1. The average Bonchev–Trinajstić information content (AvgIpc) is 3.20. The molecule has 19 heavy (non-hydrogen) atoms. The van der Waals surface area contributed by atoms with Crippen molar-refractivity contribution in [2.75, 3.05) is 0 Å². The van der Waals surface area contributed by atoms with E-state index >= 15 is 0 Å². The quantitative estimate of drug-likeness (QED) is 0.385. The normalized spacial score (nSPS) is 14.6. The van der Waals surface area contributed by atoms with Gasteiger partial charge in [0.25, 0.3) is 11.6 Å². The smallest absolute Gasteiger partial charge is 0.270 e. The summed E-state index contributed by atoms with van der Waals surface area (Å²) in [4.78, 5) is 21.8. The van der Waals surface area contributed by atoms with Gasteiger partial charge in [0.2, 0.25) is 0 Å². The van der Waals surface area contributed by atoms with Crippen molar-refractivity contribution in [2.24, 2.45) is 0 Å².